The van der Waals surface area contributed by atoms with Gasteiger partial charge < -0.3 is 14.7 Å². The molecule has 0 radical (unpaired) electrons. The van der Waals surface area contributed by atoms with Gasteiger partial charge >= 0.3 is 0 Å². The van der Waals surface area contributed by atoms with Crippen LogP contribution in [0.25, 0.3) is 0 Å². The molecule has 0 N–H and O–H groups in total. The van der Waals surface area contributed by atoms with Crippen molar-refractivity contribution in [1.29, 1.82) is 0 Å². The highest BCUT2D eigenvalue weighted by atomic mass is 79.9. The molecule has 1 spiro atoms. The average Bonchev–Trinajstić information content (AvgIpc) is 3.69. The summed E-state index contributed by atoms with van der Waals surface area (Å²) in [5.74, 6) is 1.23. The Morgan fingerprint density at radius 1 is 0.923 bits per heavy atom. The van der Waals surface area contributed by atoms with E-state index in [4.69, 9.17) is 0 Å². The summed E-state index contributed by atoms with van der Waals surface area (Å²) in [6, 6.07) is 22.9. The number of piperidine rings is 1. The minimum atomic E-state index is -0.193. The molecule has 6 rings (SSSR count). The number of hydrogen-bond acceptors (Lipinski definition) is 4. The Bertz CT molecular complexity index is 1260. The predicted molar refractivity (Wildman–Crippen MR) is 162 cm³/mol. The van der Waals surface area contributed by atoms with Gasteiger partial charge in [0.1, 0.15) is 0 Å². The molecular weight excluding hydrogens is 594 g/mol. The van der Waals surface area contributed by atoms with Crippen LogP contribution in [0, 0.1) is 11.3 Å². The van der Waals surface area contributed by atoms with E-state index >= 15 is 0 Å². The Morgan fingerprint density at radius 3 is 2.33 bits per heavy atom. The molecule has 2 atom stereocenters. The van der Waals surface area contributed by atoms with Crippen LogP contribution in [0.5, 0.6) is 0 Å². The molecule has 2 aromatic carbocycles. The first-order valence-electron chi connectivity index (χ1n) is 13.6. The third kappa shape index (κ3) is 5.97. The van der Waals surface area contributed by atoms with Crippen LogP contribution in [0.4, 0.5) is 0 Å². The lowest BCUT2D eigenvalue weighted by Crippen LogP contribution is -2.46. The summed E-state index contributed by atoms with van der Waals surface area (Å²) < 4.78 is 1.06. The van der Waals surface area contributed by atoms with Crippen molar-refractivity contribution in [2.75, 3.05) is 39.3 Å². The smallest absolute Gasteiger partial charge is 0.263 e. The van der Waals surface area contributed by atoms with Crippen LogP contribution in [-0.4, -0.2) is 65.8 Å². The maximum atomic E-state index is 13.5. The van der Waals surface area contributed by atoms with E-state index in [2.05, 4.69) is 73.1 Å². The van der Waals surface area contributed by atoms with Crippen LogP contribution in [0.15, 0.2) is 76.6 Å². The summed E-state index contributed by atoms with van der Waals surface area (Å²) >= 11 is 5.02. The molecule has 0 aliphatic carbocycles. The molecule has 3 aromatic rings. The van der Waals surface area contributed by atoms with Crippen LogP contribution in [0.1, 0.15) is 46.0 Å². The van der Waals surface area contributed by atoms with Gasteiger partial charge in [-0.15, -0.1) is 23.7 Å². The van der Waals surface area contributed by atoms with Crippen molar-refractivity contribution >= 4 is 51.5 Å². The number of amides is 2. The highest BCUT2D eigenvalue weighted by molar-refractivity contribution is 9.10. The summed E-state index contributed by atoms with van der Waals surface area (Å²) in [6.07, 6.45) is 2.84. The molecule has 1 aromatic heterocycles. The number of hydrogen-bond donors (Lipinski definition) is 0. The van der Waals surface area contributed by atoms with Crippen molar-refractivity contribution in [3.63, 3.8) is 0 Å². The molecule has 4 heterocycles. The fourth-order valence-corrected chi connectivity index (χ4v) is 7.62. The van der Waals surface area contributed by atoms with Crippen LogP contribution in [-0.2, 0) is 11.3 Å². The molecule has 3 fully saturated rings. The van der Waals surface area contributed by atoms with Gasteiger partial charge in [-0.1, -0.05) is 64.5 Å². The molecule has 39 heavy (non-hydrogen) atoms. The fourth-order valence-electron chi connectivity index (χ4n) is 6.67. The number of nitrogens with zero attached hydrogens (tertiary/aromatic N) is 3. The van der Waals surface area contributed by atoms with Gasteiger partial charge in [-0.2, -0.15) is 0 Å². The van der Waals surface area contributed by atoms with Gasteiger partial charge in [0.2, 0.25) is 5.91 Å². The van der Waals surface area contributed by atoms with E-state index in [-0.39, 0.29) is 23.7 Å². The molecule has 206 valence electrons. The quantitative estimate of drug-likeness (QED) is 0.322. The standard InChI is InChI=1S/C31H34BrN3O2S.ClH/c32-26-10-8-23(9-11-26)19-34-17-14-31(30(34)37)12-15-33(16-13-31)20-25-21-35(29(36)28-7-4-18-38-28)22-27(25)24-5-2-1-3-6-24;/h1-11,18,25,27H,12-17,19-22H2;1H/t25-,27+;/m0./s1. The van der Waals surface area contributed by atoms with E-state index in [1.54, 1.807) is 0 Å². The summed E-state index contributed by atoms with van der Waals surface area (Å²) in [6.45, 7) is 5.99. The summed E-state index contributed by atoms with van der Waals surface area (Å²) in [5.41, 5.74) is 2.31. The largest absolute Gasteiger partial charge is 0.338 e. The zero-order valence-corrected chi connectivity index (χ0v) is 25.2. The van der Waals surface area contributed by atoms with Gasteiger partial charge in [-0.3, -0.25) is 9.59 Å². The fraction of sp³-hybridized carbons (Fsp3) is 0.419. The lowest BCUT2D eigenvalue weighted by molar-refractivity contribution is -0.139. The predicted octanol–water partition coefficient (Wildman–Crippen LogP) is 6.30. The Kier molecular flexibility index (Phi) is 8.82. The van der Waals surface area contributed by atoms with E-state index in [9.17, 15) is 9.59 Å². The number of benzene rings is 2. The topological polar surface area (TPSA) is 43.9 Å². The number of halogens is 2. The van der Waals surface area contributed by atoms with Crippen molar-refractivity contribution in [1.82, 2.24) is 14.7 Å². The molecular formula is C31H35BrClN3O2S. The molecule has 5 nitrogen and oxygen atoms in total. The SMILES string of the molecule is Cl.O=C(c1cccs1)N1C[C@H](CN2CCC3(CC2)CCN(Cc2ccc(Br)cc2)C3=O)[C@@H](c2ccccc2)C1. The zero-order chi connectivity index (χ0) is 26.1. The van der Waals surface area contributed by atoms with Crippen molar-refractivity contribution in [3.8, 4) is 0 Å². The Labute approximate surface area is 249 Å². The first kappa shape index (κ1) is 28.3. The second kappa shape index (κ2) is 12.1. The summed E-state index contributed by atoms with van der Waals surface area (Å²) in [5, 5.41) is 1.98. The summed E-state index contributed by atoms with van der Waals surface area (Å²) in [4.78, 5) is 34.2. The van der Waals surface area contributed by atoms with Gasteiger partial charge in [-0.25, -0.2) is 0 Å². The second-order valence-electron chi connectivity index (χ2n) is 11.1. The van der Waals surface area contributed by atoms with Crippen molar-refractivity contribution in [3.05, 3.63) is 92.6 Å². The molecule has 0 saturated carbocycles. The third-order valence-electron chi connectivity index (χ3n) is 8.88. The van der Waals surface area contributed by atoms with E-state index < -0.39 is 0 Å². The molecule has 3 saturated heterocycles. The van der Waals surface area contributed by atoms with E-state index in [1.807, 2.05) is 29.6 Å². The van der Waals surface area contributed by atoms with Gasteiger partial charge in [0.25, 0.3) is 5.91 Å². The van der Waals surface area contributed by atoms with E-state index in [0.29, 0.717) is 24.3 Å². The maximum Gasteiger partial charge on any atom is 0.263 e. The number of carbonyl (C=O) groups is 2. The molecule has 3 aliphatic heterocycles. The lowest BCUT2D eigenvalue weighted by Gasteiger charge is -2.39. The van der Waals surface area contributed by atoms with Crippen LogP contribution < -0.4 is 0 Å². The summed E-state index contributed by atoms with van der Waals surface area (Å²) in [7, 11) is 0. The number of likely N-dealkylation sites (tertiary alicyclic amines) is 3. The van der Waals surface area contributed by atoms with Gasteiger partial charge in [0.15, 0.2) is 0 Å². The van der Waals surface area contributed by atoms with E-state index in [1.165, 1.54) is 22.5 Å². The molecule has 0 unspecified atom stereocenters. The number of rotatable bonds is 6. The van der Waals surface area contributed by atoms with Crippen molar-refractivity contribution in [2.24, 2.45) is 11.3 Å². The Morgan fingerprint density at radius 2 is 1.64 bits per heavy atom. The van der Waals surface area contributed by atoms with Crippen molar-refractivity contribution in [2.45, 2.75) is 31.7 Å². The van der Waals surface area contributed by atoms with Gasteiger partial charge in [0.05, 0.1) is 10.3 Å². The Hall–Kier alpha value is -2.19. The molecule has 0 bridgehead atoms. The minimum absolute atomic E-state index is 0. The number of thiophene rings is 1. The highest BCUT2D eigenvalue weighted by Gasteiger charge is 2.48. The zero-order valence-electron chi connectivity index (χ0n) is 22.0. The second-order valence-corrected chi connectivity index (χ2v) is 13.0. The highest BCUT2D eigenvalue weighted by Crippen LogP contribution is 2.43. The maximum absolute atomic E-state index is 13.5. The first-order chi connectivity index (χ1) is 18.5. The average molecular weight is 629 g/mol. The van der Waals surface area contributed by atoms with Gasteiger partial charge in [-0.05, 0) is 73.0 Å². The minimum Gasteiger partial charge on any atom is -0.338 e. The normalized spacial score (nSPS) is 22.8. The lowest BCUT2D eigenvalue weighted by atomic mass is 9.76. The Balaban J connectivity index is 0.00000308. The van der Waals surface area contributed by atoms with Crippen LogP contribution >= 0.6 is 39.7 Å². The van der Waals surface area contributed by atoms with Crippen LogP contribution in [0.2, 0.25) is 0 Å². The van der Waals surface area contributed by atoms with Crippen LogP contribution in [0.3, 0.4) is 0 Å². The molecule has 8 heteroatoms. The number of carbonyl (C=O) groups excluding carboxylic acids is 2. The van der Waals surface area contributed by atoms with Crippen molar-refractivity contribution < 1.29 is 9.59 Å². The van der Waals surface area contributed by atoms with Gasteiger partial charge in [0, 0.05) is 43.1 Å². The molecule has 3 aliphatic rings. The monoisotopic (exact) mass is 627 g/mol. The first-order valence-corrected chi connectivity index (χ1v) is 15.3. The third-order valence-corrected chi connectivity index (χ3v) is 10.3. The van der Waals surface area contributed by atoms with E-state index in [0.717, 1.165) is 67.9 Å². The molecule has 2 amide bonds.